The Hall–Kier alpha value is -2.51. The number of aliphatic hydroxyl groups is 1. The Bertz CT molecular complexity index is 1150. The third-order valence-corrected chi connectivity index (χ3v) is 10.2. The fourth-order valence-electron chi connectivity index (χ4n) is 8.25. The zero-order valence-corrected chi connectivity index (χ0v) is 25.7. The van der Waals surface area contributed by atoms with Crippen LogP contribution in [0.15, 0.2) is 47.1 Å². The highest BCUT2D eigenvalue weighted by atomic mass is 16.5. The van der Waals surface area contributed by atoms with E-state index in [1.54, 1.807) is 27.9 Å². The molecule has 3 fully saturated rings. The minimum atomic E-state index is -1.20. The molecule has 0 bridgehead atoms. The Labute approximate surface area is 239 Å². The molecule has 7 atom stereocenters. The maximum absolute atomic E-state index is 13.6. The van der Waals surface area contributed by atoms with Crippen molar-refractivity contribution in [3.8, 4) is 0 Å². The number of ketones is 1. The molecular weight excluding hydrogens is 508 g/mol. The van der Waals surface area contributed by atoms with Crippen molar-refractivity contribution in [2.75, 3.05) is 7.11 Å². The topological polar surface area (TPSA) is 110 Å². The van der Waals surface area contributed by atoms with E-state index in [1.165, 1.54) is 6.92 Å². The molecule has 40 heavy (non-hydrogen) atoms. The van der Waals surface area contributed by atoms with Crippen LogP contribution in [-0.2, 0) is 23.9 Å². The molecule has 3 rings (SSSR count). The summed E-state index contributed by atoms with van der Waals surface area (Å²) in [7, 11) is 1.57. The minimum Gasteiger partial charge on any atom is -0.481 e. The maximum atomic E-state index is 13.6. The molecular formula is C33H48O7. The first-order chi connectivity index (χ1) is 18.4. The van der Waals surface area contributed by atoms with Gasteiger partial charge in [-0.25, -0.2) is 0 Å². The van der Waals surface area contributed by atoms with E-state index >= 15 is 0 Å². The van der Waals surface area contributed by atoms with Gasteiger partial charge in [-0.3, -0.25) is 14.4 Å². The number of carboxylic acid groups (broad SMARTS) is 1. The molecule has 3 aliphatic carbocycles. The Morgan fingerprint density at radius 1 is 1.05 bits per heavy atom. The number of aliphatic carboxylic acids is 1. The number of carbonyl (C=O) groups is 3. The van der Waals surface area contributed by atoms with Gasteiger partial charge in [0.1, 0.15) is 17.6 Å². The molecule has 2 N–H and O–H groups in total. The van der Waals surface area contributed by atoms with E-state index < -0.39 is 35.2 Å². The highest BCUT2D eigenvalue weighted by Gasteiger charge is 2.68. The van der Waals surface area contributed by atoms with Crippen molar-refractivity contribution in [1.82, 2.24) is 0 Å². The number of methoxy groups -OCH3 is 1. The SMILES string of the molecule is CO[C@@H](/C=C/C(C)=C/C=C/C(C)=C1\C(=O)C[C@H]2[C@@]3(C)CC[C@@H](OC(C)=O)[C@](C)(C(=O)O)[C@@H]3CC[C@]12C)C(C)(C)O. The van der Waals surface area contributed by atoms with Crippen LogP contribution in [-0.4, -0.2) is 52.9 Å². The fraction of sp³-hybridized carbons (Fsp3) is 0.667. The average Bonchev–Trinajstić information content (AvgIpc) is 3.11. The number of ether oxygens (including phenoxy) is 2. The highest BCUT2D eigenvalue weighted by Crippen LogP contribution is 2.69. The number of hydrogen-bond donors (Lipinski definition) is 2. The largest absolute Gasteiger partial charge is 0.481 e. The van der Waals surface area contributed by atoms with Gasteiger partial charge in [0.15, 0.2) is 5.78 Å². The van der Waals surface area contributed by atoms with Gasteiger partial charge >= 0.3 is 11.9 Å². The second kappa shape index (κ2) is 11.4. The molecule has 7 nitrogen and oxygen atoms in total. The molecule has 7 heteroatoms. The van der Waals surface area contributed by atoms with Crippen LogP contribution in [0.25, 0.3) is 0 Å². The van der Waals surface area contributed by atoms with Crippen LogP contribution in [0.4, 0.5) is 0 Å². The van der Waals surface area contributed by atoms with E-state index in [0.29, 0.717) is 25.7 Å². The van der Waals surface area contributed by atoms with Crippen molar-refractivity contribution in [3.05, 3.63) is 47.1 Å². The van der Waals surface area contributed by atoms with Gasteiger partial charge in [0.05, 0.1) is 5.60 Å². The molecule has 0 heterocycles. The second-order valence-corrected chi connectivity index (χ2v) is 13.4. The molecule has 0 aromatic heterocycles. The molecule has 0 amide bonds. The monoisotopic (exact) mass is 556 g/mol. The molecule has 0 saturated heterocycles. The standard InChI is InChI=1S/C33H48O7/c1-20(13-14-26(39-9)30(4,5)38)11-10-12-21(2)28-23(35)19-25-31(6)18-16-27(40-22(3)34)33(8,29(36)37)24(31)15-17-32(25,28)7/h10-14,24-27,38H,15-19H2,1-9H3,(H,36,37)/b12-10+,14-13+,20-11+,28-21+/t24-,25+,26+,27-,31+,32+,33-/m1/s1. The molecule has 3 saturated carbocycles. The van der Waals surface area contributed by atoms with Gasteiger partial charge in [0.2, 0.25) is 0 Å². The zero-order chi connectivity index (χ0) is 30.3. The average molecular weight is 557 g/mol. The summed E-state index contributed by atoms with van der Waals surface area (Å²) < 4.78 is 10.9. The third-order valence-electron chi connectivity index (χ3n) is 10.2. The summed E-state index contributed by atoms with van der Waals surface area (Å²) in [5.74, 6) is -1.43. The lowest BCUT2D eigenvalue weighted by molar-refractivity contribution is -0.204. The second-order valence-electron chi connectivity index (χ2n) is 13.4. The summed E-state index contributed by atoms with van der Waals surface area (Å²) in [6.45, 7) is 14.8. The number of hydrogen-bond acceptors (Lipinski definition) is 6. The number of carboxylic acids is 1. The van der Waals surface area contributed by atoms with E-state index in [-0.39, 0.29) is 28.4 Å². The molecule has 0 unspecified atom stereocenters. The number of carbonyl (C=O) groups excluding carboxylic acids is 2. The van der Waals surface area contributed by atoms with E-state index in [4.69, 9.17) is 9.47 Å². The van der Waals surface area contributed by atoms with Crippen molar-refractivity contribution in [1.29, 1.82) is 0 Å². The van der Waals surface area contributed by atoms with Gasteiger partial charge in [-0.2, -0.15) is 0 Å². The summed E-state index contributed by atoms with van der Waals surface area (Å²) >= 11 is 0. The van der Waals surface area contributed by atoms with Crippen molar-refractivity contribution in [3.63, 3.8) is 0 Å². The number of allylic oxidation sites excluding steroid dienone is 7. The van der Waals surface area contributed by atoms with Crippen molar-refractivity contribution >= 4 is 17.7 Å². The molecule has 0 aromatic carbocycles. The Balaban J connectivity index is 1.90. The molecule has 0 aliphatic heterocycles. The lowest BCUT2D eigenvalue weighted by Gasteiger charge is -2.61. The summed E-state index contributed by atoms with van der Waals surface area (Å²) in [4.78, 5) is 38.1. The third kappa shape index (κ3) is 5.64. The van der Waals surface area contributed by atoms with Crippen LogP contribution in [0.5, 0.6) is 0 Å². The highest BCUT2D eigenvalue weighted by molar-refractivity contribution is 6.01. The fourth-order valence-corrected chi connectivity index (χ4v) is 8.25. The molecule has 0 radical (unpaired) electrons. The summed E-state index contributed by atoms with van der Waals surface area (Å²) in [6.07, 6.45) is 11.5. The number of Topliss-reactive ketones (excluding diaryl/α,β-unsaturated/α-hetero) is 1. The predicted molar refractivity (Wildman–Crippen MR) is 154 cm³/mol. The minimum absolute atomic E-state index is 0.0228. The Morgan fingerprint density at radius 3 is 2.25 bits per heavy atom. The summed E-state index contributed by atoms with van der Waals surface area (Å²) in [5.41, 5.74) is -0.129. The first kappa shape index (κ1) is 32.0. The van der Waals surface area contributed by atoms with Gasteiger partial charge in [-0.05, 0) is 83.1 Å². The molecule has 222 valence electrons. The first-order valence-electron chi connectivity index (χ1n) is 14.4. The molecule has 0 aromatic rings. The van der Waals surface area contributed by atoms with Crippen LogP contribution in [0.3, 0.4) is 0 Å². The Morgan fingerprint density at radius 2 is 1.70 bits per heavy atom. The van der Waals surface area contributed by atoms with Crippen LogP contribution in [0, 0.1) is 28.1 Å². The first-order valence-corrected chi connectivity index (χ1v) is 14.4. The predicted octanol–water partition coefficient (Wildman–Crippen LogP) is 5.98. The normalized spacial score (nSPS) is 36.9. The van der Waals surface area contributed by atoms with Gasteiger partial charge in [0.25, 0.3) is 0 Å². The van der Waals surface area contributed by atoms with Crippen LogP contribution in [0.1, 0.15) is 87.5 Å². The van der Waals surface area contributed by atoms with Gasteiger partial charge < -0.3 is 19.7 Å². The van der Waals surface area contributed by atoms with Gasteiger partial charge in [-0.1, -0.05) is 49.8 Å². The van der Waals surface area contributed by atoms with Crippen LogP contribution < -0.4 is 0 Å². The van der Waals surface area contributed by atoms with Crippen LogP contribution >= 0.6 is 0 Å². The lowest BCUT2D eigenvalue weighted by atomic mass is 9.42. The van der Waals surface area contributed by atoms with Gasteiger partial charge in [-0.15, -0.1) is 0 Å². The van der Waals surface area contributed by atoms with E-state index in [1.807, 2.05) is 44.2 Å². The van der Waals surface area contributed by atoms with Crippen molar-refractivity contribution in [2.45, 2.75) is 105 Å². The molecule has 0 spiro atoms. The van der Waals surface area contributed by atoms with Crippen molar-refractivity contribution < 1.29 is 34.1 Å². The smallest absolute Gasteiger partial charge is 0.313 e. The number of rotatable bonds is 8. The van der Waals surface area contributed by atoms with E-state index in [0.717, 1.165) is 23.1 Å². The quantitative estimate of drug-likeness (QED) is 0.215. The van der Waals surface area contributed by atoms with E-state index in [2.05, 4.69) is 13.8 Å². The lowest BCUT2D eigenvalue weighted by Crippen LogP contribution is -2.61. The maximum Gasteiger partial charge on any atom is 0.313 e. The molecule has 3 aliphatic rings. The number of fused-ring (bicyclic) bond motifs is 3. The van der Waals surface area contributed by atoms with Crippen LogP contribution in [0.2, 0.25) is 0 Å². The number of esters is 1. The zero-order valence-electron chi connectivity index (χ0n) is 25.7. The Kier molecular flexibility index (Phi) is 9.12. The van der Waals surface area contributed by atoms with E-state index in [9.17, 15) is 24.6 Å². The van der Waals surface area contributed by atoms with Crippen molar-refractivity contribution in [2.24, 2.45) is 28.1 Å². The van der Waals surface area contributed by atoms with Gasteiger partial charge in [0, 0.05) is 31.4 Å². The summed E-state index contributed by atoms with van der Waals surface area (Å²) in [6, 6.07) is 0. The summed E-state index contributed by atoms with van der Waals surface area (Å²) in [5, 5.41) is 20.6.